The molecule has 4 N–H and O–H groups in total. The van der Waals surface area contributed by atoms with Gasteiger partial charge in [0, 0.05) is 66.5 Å². The van der Waals surface area contributed by atoms with E-state index in [0.717, 1.165) is 0 Å². The van der Waals surface area contributed by atoms with E-state index in [2.05, 4.69) is 19.9 Å². The Balaban J connectivity index is 0.960. The van der Waals surface area contributed by atoms with Crippen LogP contribution in [0.5, 0.6) is 34.8 Å². The van der Waals surface area contributed by atoms with Gasteiger partial charge in [0.05, 0.1) is 97.9 Å². The number of carbonyl (C=O) groups is 2. The number of ether oxygens (including phenoxy) is 10. The molecule has 5 unspecified atom stereocenters. The molecule has 2 amide bonds. The van der Waals surface area contributed by atoms with E-state index in [9.17, 15) is 25.2 Å². The summed E-state index contributed by atoms with van der Waals surface area (Å²) in [6.45, 7) is -0.259. The molecule has 2 aromatic carbocycles. The number of rotatable bonds is 13. The maximum atomic E-state index is 15.2. The van der Waals surface area contributed by atoms with Crippen molar-refractivity contribution in [2.75, 3.05) is 70.2 Å². The standard InChI is InChI=1S/C54H56N6O16/c1-67-46-9-5-36-48(57-46)33(12-15-55-36)38(63)24-31-11-14-53(44(26-61)73-31)50(60(52(66)76-53)30-4-8-41-43(22-30)72-20-18-70-41)35-23-32(25-39(64)34-13-16-56-37-6-10-47(68-2)58-49(34)37)74-45(27-62)54(35)28-59(51(65)75-54)29-3-7-40-42(21-29)71-19-17-69-40/h3-10,12-13,15-16,21-22,31-32,35,38-39,44-45,50,61-64H,11,14,17-20,23-28H2,1-2H3/t31-,32?,35?,38+,39-,44+,45?,50?,53-,54?/m0/s1. The molecule has 398 valence electrons. The zero-order valence-corrected chi connectivity index (χ0v) is 41.6. The molecular formula is C54H56N6O16. The molecule has 4 saturated heterocycles. The fraction of sp³-hybridized carbons (Fsp3) is 0.444. The van der Waals surface area contributed by atoms with Crippen LogP contribution in [-0.4, -0.2) is 155 Å². The Morgan fingerprint density at radius 1 is 0.645 bits per heavy atom. The van der Waals surface area contributed by atoms with E-state index in [4.69, 9.17) is 47.4 Å². The Morgan fingerprint density at radius 3 is 1.76 bits per heavy atom. The number of fused-ring (bicyclic) bond motifs is 4. The number of pyridine rings is 4. The summed E-state index contributed by atoms with van der Waals surface area (Å²) in [7, 11) is 2.99. The minimum atomic E-state index is -1.75. The third-order valence-electron chi connectivity index (χ3n) is 15.6. The van der Waals surface area contributed by atoms with Crippen LogP contribution in [0.3, 0.4) is 0 Å². The van der Waals surface area contributed by atoms with E-state index < -0.39 is 85.2 Å². The highest BCUT2D eigenvalue weighted by molar-refractivity contribution is 5.93. The minimum Gasteiger partial charge on any atom is -0.486 e. The molecule has 0 aliphatic carbocycles. The smallest absolute Gasteiger partial charge is 0.415 e. The van der Waals surface area contributed by atoms with Gasteiger partial charge in [-0.1, -0.05) is 0 Å². The number of benzene rings is 2. The van der Waals surface area contributed by atoms with Gasteiger partial charge in [0.25, 0.3) is 0 Å². The number of anilines is 2. The summed E-state index contributed by atoms with van der Waals surface area (Å²) in [4.78, 5) is 50.8. The topological polar surface area (TPSA) is 265 Å². The van der Waals surface area contributed by atoms with E-state index in [1.54, 1.807) is 85.2 Å². The highest BCUT2D eigenvalue weighted by Crippen LogP contribution is 2.56. The molecule has 6 aliphatic rings. The normalized spacial score (nSPS) is 27.7. The van der Waals surface area contributed by atoms with Crippen LogP contribution in [0.1, 0.15) is 55.4 Å². The first-order valence-corrected chi connectivity index (χ1v) is 25.3. The summed E-state index contributed by atoms with van der Waals surface area (Å²) >= 11 is 0. The summed E-state index contributed by atoms with van der Waals surface area (Å²) in [6.07, 6.45) is -4.42. The van der Waals surface area contributed by atoms with E-state index in [1.165, 1.54) is 24.0 Å². The van der Waals surface area contributed by atoms with Gasteiger partial charge >= 0.3 is 12.2 Å². The first-order chi connectivity index (χ1) is 37.0. The number of hydrogen-bond acceptors (Lipinski definition) is 20. The molecule has 10 heterocycles. The number of aliphatic hydroxyl groups excluding tert-OH is 4. The number of methoxy groups -OCH3 is 2. The average molecular weight is 1050 g/mol. The van der Waals surface area contributed by atoms with Gasteiger partial charge in [-0.3, -0.25) is 19.8 Å². The molecule has 22 nitrogen and oxygen atoms in total. The maximum Gasteiger partial charge on any atom is 0.415 e. The molecule has 6 aliphatic heterocycles. The predicted octanol–water partition coefficient (Wildman–Crippen LogP) is 5.15. The molecular weight excluding hydrogens is 989 g/mol. The largest absolute Gasteiger partial charge is 0.486 e. The van der Waals surface area contributed by atoms with Crippen molar-refractivity contribution in [2.45, 2.75) is 86.0 Å². The van der Waals surface area contributed by atoms with Gasteiger partial charge in [-0.25, -0.2) is 19.6 Å². The number of aromatic nitrogens is 4. The highest BCUT2D eigenvalue weighted by atomic mass is 16.6. The summed E-state index contributed by atoms with van der Waals surface area (Å²) in [5.74, 6) is 1.43. The minimum absolute atomic E-state index is 0.00552. The third kappa shape index (κ3) is 8.52. The quantitative estimate of drug-likeness (QED) is 0.117. The van der Waals surface area contributed by atoms with Gasteiger partial charge in [-0.05, 0) is 67.8 Å². The van der Waals surface area contributed by atoms with E-state index in [1.807, 2.05) is 0 Å². The number of hydrogen-bond donors (Lipinski definition) is 4. The van der Waals surface area contributed by atoms with E-state index in [0.29, 0.717) is 99.1 Å². The number of carbonyl (C=O) groups excluding carboxylic acids is 2. The lowest BCUT2D eigenvalue weighted by Gasteiger charge is -2.54. The fourth-order valence-electron chi connectivity index (χ4n) is 12.1. The number of aliphatic hydroxyl groups is 4. The van der Waals surface area contributed by atoms with E-state index >= 15 is 4.79 Å². The van der Waals surface area contributed by atoms with Crippen LogP contribution < -0.4 is 38.2 Å². The number of nitrogens with zero attached hydrogens (tertiary/aromatic N) is 6. The van der Waals surface area contributed by atoms with E-state index in [-0.39, 0.29) is 45.3 Å². The first kappa shape index (κ1) is 49.5. The van der Waals surface area contributed by atoms with Crippen molar-refractivity contribution < 1.29 is 77.4 Å². The van der Waals surface area contributed by atoms with Crippen molar-refractivity contribution >= 4 is 45.6 Å². The summed E-state index contributed by atoms with van der Waals surface area (Å²) in [5, 5.41) is 47.4. The van der Waals surface area contributed by atoms with Crippen LogP contribution in [0.25, 0.3) is 22.1 Å². The molecule has 4 fully saturated rings. The molecule has 76 heavy (non-hydrogen) atoms. The summed E-state index contributed by atoms with van der Waals surface area (Å²) < 4.78 is 61.5. The molecule has 2 spiro atoms. The SMILES string of the molecule is COc1ccc2nccc([C@H](O)C[C@@H]3CC[C@]4(OC(=O)N(c5ccc6c(c5)OCCO6)C4C4CC(C[C@H](O)c5ccnc6ccc(OC)nc56)OC(CO)C45CN(c4ccc6c(c4)OCCO6)C(=O)O5)[C@@H](CO)O3)c2n1. The van der Waals surface area contributed by atoms with Crippen molar-refractivity contribution in [3.8, 4) is 34.8 Å². The fourth-order valence-corrected chi connectivity index (χ4v) is 12.1. The summed E-state index contributed by atoms with van der Waals surface area (Å²) in [5.41, 5.74) is 0.194. The second-order valence-corrected chi connectivity index (χ2v) is 19.7. The molecule has 10 atom stereocenters. The Hall–Kier alpha value is -7.34. The zero-order chi connectivity index (χ0) is 52.3. The molecule has 4 aromatic heterocycles. The Bertz CT molecular complexity index is 3190. The molecule has 22 heteroatoms. The predicted molar refractivity (Wildman–Crippen MR) is 267 cm³/mol. The number of amides is 2. The van der Waals surface area contributed by atoms with Gasteiger partial charge in [-0.2, -0.15) is 0 Å². The van der Waals surface area contributed by atoms with Gasteiger partial charge in [-0.15, -0.1) is 0 Å². The summed E-state index contributed by atoms with van der Waals surface area (Å²) in [6, 6.07) is 19.2. The van der Waals surface area contributed by atoms with Crippen LogP contribution in [0.2, 0.25) is 0 Å². The van der Waals surface area contributed by atoms with Crippen molar-refractivity contribution in [3.63, 3.8) is 0 Å². The molecule has 0 radical (unpaired) electrons. The second-order valence-electron chi connectivity index (χ2n) is 19.7. The lowest BCUT2D eigenvalue weighted by atomic mass is 9.64. The van der Waals surface area contributed by atoms with Crippen LogP contribution >= 0.6 is 0 Å². The average Bonchev–Trinajstić information content (AvgIpc) is 4.19. The third-order valence-corrected chi connectivity index (χ3v) is 15.6. The van der Waals surface area contributed by atoms with Crippen LogP contribution in [-0.2, 0) is 18.9 Å². The Kier molecular flexibility index (Phi) is 13.0. The van der Waals surface area contributed by atoms with Crippen molar-refractivity contribution in [2.24, 2.45) is 5.92 Å². The Labute approximate surface area is 434 Å². The van der Waals surface area contributed by atoms with Crippen LogP contribution in [0, 0.1) is 5.92 Å². The highest BCUT2D eigenvalue weighted by Gasteiger charge is 2.71. The molecule has 0 bridgehead atoms. The van der Waals surface area contributed by atoms with Gasteiger partial charge < -0.3 is 67.8 Å². The van der Waals surface area contributed by atoms with Crippen molar-refractivity contribution in [3.05, 3.63) is 96.3 Å². The Morgan fingerprint density at radius 2 is 1.17 bits per heavy atom. The molecule has 0 saturated carbocycles. The lowest BCUT2D eigenvalue weighted by molar-refractivity contribution is -0.234. The second kappa shape index (κ2) is 20.0. The van der Waals surface area contributed by atoms with Gasteiger partial charge in [0.1, 0.15) is 38.6 Å². The lowest BCUT2D eigenvalue weighted by Crippen LogP contribution is -2.70. The van der Waals surface area contributed by atoms with Gasteiger partial charge in [0.15, 0.2) is 34.2 Å². The van der Waals surface area contributed by atoms with Crippen LogP contribution in [0.4, 0.5) is 21.0 Å². The van der Waals surface area contributed by atoms with Crippen molar-refractivity contribution in [1.82, 2.24) is 19.9 Å². The zero-order valence-electron chi connectivity index (χ0n) is 41.6. The van der Waals surface area contributed by atoms with Crippen LogP contribution in [0.15, 0.2) is 85.2 Å². The van der Waals surface area contributed by atoms with Gasteiger partial charge in [0.2, 0.25) is 11.8 Å². The van der Waals surface area contributed by atoms with Crippen molar-refractivity contribution in [1.29, 1.82) is 0 Å². The molecule has 12 rings (SSSR count). The first-order valence-electron chi connectivity index (χ1n) is 25.3. The maximum absolute atomic E-state index is 15.2. The monoisotopic (exact) mass is 1040 g/mol. The molecule has 6 aromatic rings.